The van der Waals surface area contributed by atoms with Gasteiger partial charge < -0.3 is 20.1 Å². The summed E-state index contributed by atoms with van der Waals surface area (Å²) in [6, 6.07) is 12.8. The Morgan fingerprint density at radius 3 is 2.25 bits per heavy atom. The average molecular weight is 375 g/mol. The van der Waals surface area contributed by atoms with Gasteiger partial charge in [0.15, 0.2) is 0 Å². The molecule has 0 radical (unpaired) electrons. The van der Waals surface area contributed by atoms with E-state index in [0.29, 0.717) is 35.6 Å². The summed E-state index contributed by atoms with van der Waals surface area (Å²) in [5.74, 6) is -1.75. The first kappa shape index (κ1) is 18.0. The lowest BCUT2D eigenvalue weighted by Crippen LogP contribution is -2.39. The highest BCUT2D eigenvalue weighted by Crippen LogP contribution is 2.31. The fourth-order valence-electron chi connectivity index (χ4n) is 3.77. The molecule has 142 valence electrons. The van der Waals surface area contributed by atoms with Gasteiger partial charge >= 0.3 is 0 Å². The molecule has 4 rings (SSSR count). The number of aromatic carboxylic acids is 1. The molecular weight excluding hydrogens is 356 g/mol. The minimum atomic E-state index is -1.30. The highest BCUT2D eigenvalue weighted by molar-refractivity contribution is 6.27. The molecule has 6 heteroatoms. The van der Waals surface area contributed by atoms with Gasteiger partial charge in [0.05, 0.1) is 5.97 Å². The number of likely N-dealkylation sites (tertiary alicyclic amines) is 1. The maximum atomic E-state index is 13.2. The minimum absolute atomic E-state index is 0.0000996. The van der Waals surface area contributed by atoms with Gasteiger partial charge in [0.1, 0.15) is 11.4 Å². The van der Waals surface area contributed by atoms with E-state index < -0.39 is 5.97 Å². The molecule has 0 amide bonds. The van der Waals surface area contributed by atoms with E-state index >= 15 is 0 Å². The number of allylic oxidation sites excluding steroid dienone is 2. The highest BCUT2D eigenvalue weighted by Gasteiger charge is 2.35. The van der Waals surface area contributed by atoms with Crippen molar-refractivity contribution in [3.63, 3.8) is 0 Å². The molecule has 0 spiro atoms. The Labute approximate surface area is 162 Å². The maximum absolute atomic E-state index is 13.2. The van der Waals surface area contributed by atoms with Gasteiger partial charge in [-0.05, 0) is 37.0 Å². The lowest BCUT2D eigenvalue weighted by molar-refractivity contribution is -0.255. The molecule has 0 bridgehead atoms. The molecule has 28 heavy (non-hydrogen) atoms. The molecule has 1 fully saturated rings. The third-order valence-corrected chi connectivity index (χ3v) is 5.14. The normalized spacial score (nSPS) is 16.8. The van der Waals surface area contributed by atoms with Crippen molar-refractivity contribution in [2.75, 3.05) is 18.4 Å². The second kappa shape index (κ2) is 7.31. The maximum Gasteiger partial charge on any atom is 0.212 e. The molecule has 1 aliphatic carbocycles. The number of anilines is 1. The average Bonchev–Trinajstić information content (AvgIpc) is 2.73. The number of carbonyl (C=O) groups excluding carboxylic acids is 3. The van der Waals surface area contributed by atoms with E-state index in [4.69, 9.17) is 0 Å². The predicted octanol–water partition coefficient (Wildman–Crippen LogP) is 2.24. The molecule has 0 saturated carbocycles. The topological polar surface area (TPSA) is 89.5 Å². The van der Waals surface area contributed by atoms with Crippen LogP contribution in [0.3, 0.4) is 0 Å². The molecule has 1 aliphatic heterocycles. The van der Waals surface area contributed by atoms with E-state index in [1.165, 1.54) is 12.1 Å². The van der Waals surface area contributed by atoms with Crippen molar-refractivity contribution < 1.29 is 19.5 Å². The van der Waals surface area contributed by atoms with Crippen molar-refractivity contribution in [3.05, 3.63) is 76.6 Å². The van der Waals surface area contributed by atoms with E-state index in [9.17, 15) is 19.5 Å². The number of nitrogens with zero attached hydrogens (tertiary/aromatic N) is 1. The third-order valence-electron chi connectivity index (χ3n) is 5.14. The summed E-state index contributed by atoms with van der Waals surface area (Å²) in [6.07, 6.45) is 3.01. The number of carboxylic acid groups (broad SMARTS) is 1. The summed E-state index contributed by atoms with van der Waals surface area (Å²) in [5, 5.41) is 14.2. The number of rotatable bonds is 4. The molecule has 0 atom stereocenters. The predicted molar refractivity (Wildman–Crippen MR) is 102 cm³/mol. The number of carboxylic acids is 1. The fourth-order valence-corrected chi connectivity index (χ4v) is 3.77. The zero-order valence-electron chi connectivity index (χ0n) is 15.2. The fraction of sp³-hybridized carbons (Fsp3) is 0.227. The summed E-state index contributed by atoms with van der Waals surface area (Å²) in [7, 11) is 0. The molecule has 0 aromatic heterocycles. The number of hydrogen-bond donors (Lipinski definition) is 1. The molecule has 2 aliphatic rings. The van der Waals surface area contributed by atoms with Gasteiger partial charge in [0, 0.05) is 29.9 Å². The van der Waals surface area contributed by atoms with E-state index in [1.807, 2.05) is 4.90 Å². The Hall–Kier alpha value is -3.41. The first-order valence-corrected chi connectivity index (χ1v) is 9.32. The molecule has 0 unspecified atom stereocenters. The Kier molecular flexibility index (Phi) is 4.69. The van der Waals surface area contributed by atoms with Crippen molar-refractivity contribution in [2.45, 2.75) is 19.3 Å². The van der Waals surface area contributed by atoms with Crippen molar-refractivity contribution in [2.24, 2.45) is 0 Å². The number of piperidine rings is 1. The van der Waals surface area contributed by atoms with Crippen LogP contribution < -0.4 is 10.4 Å². The smallest absolute Gasteiger partial charge is 0.212 e. The van der Waals surface area contributed by atoms with Crippen LogP contribution in [0.1, 0.15) is 50.3 Å². The summed E-state index contributed by atoms with van der Waals surface area (Å²) in [4.78, 5) is 39.6. The number of benzene rings is 2. The Morgan fingerprint density at radius 2 is 1.57 bits per heavy atom. The van der Waals surface area contributed by atoms with Crippen LogP contribution in [-0.2, 0) is 0 Å². The van der Waals surface area contributed by atoms with Crippen LogP contribution in [0, 0.1) is 0 Å². The van der Waals surface area contributed by atoms with Crippen LogP contribution in [-0.4, -0.2) is 35.5 Å². The number of ketones is 2. The van der Waals surface area contributed by atoms with Crippen molar-refractivity contribution in [1.29, 1.82) is 0 Å². The number of fused-ring (bicyclic) bond motifs is 1. The molecule has 2 aromatic carbocycles. The van der Waals surface area contributed by atoms with Crippen molar-refractivity contribution in [3.8, 4) is 0 Å². The SMILES string of the molecule is O=C([O-])c1cccc(NC2=C(N3CCCCC3)C(=O)c3ccccc3C2=O)c1. The van der Waals surface area contributed by atoms with Gasteiger partial charge in [-0.15, -0.1) is 0 Å². The van der Waals surface area contributed by atoms with Crippen LogP contribution in [0.15, 0.2) is 59.9 Å². The molecule has 6 nitrogen and oxygen atoms in total. The van der Waals surface area contributed by atoms with Gasteiger partial charge in [-0.3, -0.25) is 9.59 Å². The van der Waals surface area contributed by atoms with E-state index in [1.54, 1.807) is 36.4 Å². The monoisotopic (exact) mass is 375 g/mol. The minimum Gasteiger partial charge on any atom is -0.545 e. The summed E-state index contributed by atoms with van der Waals surface area (Å²) >= 11 is 0. The largest absolute Gasteiger partial charge is 0.545 e. The number of carbonyl (C=O) groups is 3. The summed E-state index contributed by atoms with van der Waals surface area (Å²) in [6.45, 7) is 1.42. The van der Waals surface area contributed by atoms with Gasteiger partial charge in [-0.2, -0.15) is 0 Å². The lowest BCUT2D eigenvalue weighted by Gasteiger charge is -2.34. The zero-order chi connectivity index (χ0) is 19.7. The second-order valence-electron chi connectivity index (χ2n) is 6.97. The van der Waals surface area contributed by atoms with Gasteiger partial charge in [0.2, 0.25) is 11.6 Å². The van der Waals surface area contributed by atoms with Crippen LogP contribution in [0.25, 0.3) is 0 Å². The Bertz CT molecular complexity index is 1000. The molecule has 1 N–H and O–H groups in total. The summed E-state index contributed by atoms with van der Waals surface area (Å²) in [5.41, 5.74) is 1.74. The second-order valence-corrected chi connectivity index (χ2v) is 6.97. The van der Waals surface area contributed by atoms with Crippen LogP contribution in [0.4, 0.5) is 5.69 Å². The van der Waals surface area contributed by atoms with Crippen LogP contribution in [0.5, 0.6) is 0 Å². The van der Waals surface area contributed by atoms with E-state index in [2.05, 4.69) is 5.32 Å². The quantitative estimate of drug-likeness (QED) is 0.882. The van der Waals surface area contributed by atoms with Gasteiger partial charge in [0.25, 0.3) is 0 Å². The molecule has 1 heterocycles. The van der Waals surface area contributed by atoms with Gasteiger partial charge in [-0.25, -0.2) is 0 Å². The van der Waals surface area contributed by atoms with Gasteiger partial charge in [-0.1, -0.05) is 36.4 Å². The molecule has 2 aromatic rings. The standard InChI is InChI=1S/C22H20N2O4/c25-20-16-9-2-3-10-17(16)21(26)19(24-11-4-1-5-12-24)18(20)23-15-8-6-7-14(13-15)22(27)28/h2-3,6-10,13,23H,1,4-5,11-12H2,(H,27,28)/p-1. The lowest BCUT2D eigenvalue weighted by atomic mass is 9.89. The third kappa shape index (κ3) is 3.17. The Balaban J connectivity index is 1.81. The van der Waals surface area contributed by atoms with Crippen LogP contribution >= 0.6 is 0 Å². The summed E-state index contributed by atoms with van der Waals surface area (Å²) < 4.78 is 0. The van der Waals surface area contributed by atoms with Crippen molar-refractivity contribution >= 4 is 23.2 Å². The first-order chi connectivity index (χ1) is 13.6. The number of hydrogen-bond acceptors (Lipinski definition) is 6. The first-order valence-electron chi connectivity index (χ1n) is 9.32. The number of nitrogens with one attached hydrogen (secondary N) is 1. The number of Topliss-reactive ketones (excluding diaryl/α,β-unsaturated/α-hetero) is 2. The Morgan fingerprint density at radius 1 is 0.893 bits per heavy atom. The van der Waals surface area contributed by atoms with E-state index in [0.717, 1.165) is 19.3 Å². The van der Waals surface area contributed by atoms with Crippen molar-refractivity contribution in [1.82, 2.24) is 4.90 Å². The molecule has 1 saturated heterocycles. The van der Waals surface area contributed by atoms with Crippen LogP contribution in [0.2, 0.25) is 0 Å². The van der Waals surface area contributed by atoms with E-state index in [-0.39, 0.29) is 22.8 Å². The highest BCUT2D eigenvalue weighted by atomic mass is 16.4. The zero-order valence-corrected chi connectivity index (χ0v) is 15.2. The molecular formula is C22H19N2O4-.